The Morgan fingerprint density at radius 1 is 0.194 bits per heavy atom. The van der Waals surface area contributed by atoms with Gasteiger partial charge in [-0.25, -0.2) is 0 Å². The predicted octanol–water partition coefficient (Wildman–Crippen LogP) is 34.7. The Morgan fingerprint density at radius 3 is 1.20 bits per heavy atom. The van der Waals surface area contributed by atoms with E-state index in [4.69, 9.17) is 0 Å². The van der Waals surface area contributed by atoms with Gasteiger partial charge in [-0.3, -0.25) is 0 Å². The van der Waals surface area contributed by atoms with Crippen LogP contribution >= 0.6 is 34.0 Å². The third kappa shape index (κ3) is 11.3. The van der Waals surface area contributed by atoms with Gasteiger partial charge in [0.15, 0.2) is 0 Å². The molecule has 7 aromatic heterocycles. The van der Waals surface area contributed by atoms with Crippen molar-refractivity contribution in [3.8, 4) is 72.7 Å². The Bertz CT molecular complexity index is 9660. The first-order chi connectivity index (χ1) is 63.9. The van der Waals surface area contributed by atoms with Crippen molar-refractivity contribution in [1.82, 2.24) is 18.7 Å². The minimum Gasteiger partial charge on any atom is -0.354 e. The van der Waals surface area contributed by atoms with Crippen LogP contribution in [0.25, 0.3) is 253 Å². The van der Waals surface area contributed by atoms with Gasteiger partial charge >= 0.3 is 0 Å². The summed E-state index contributed by atoms with van der Waals surface area (Å²) < 4.78 is 15.4. The first kappa shape index (κ1) is 72.6. The van der Waals surface area contributed by atoms with E-state index >= 15 is 0 Å². The third-order valence-corrected chi connectivity index (χ3v) is 31.2. The van der Waals surface area contributed by atoms with E-state index in [2.05, 4.69) is 437 Å². The van der Waals surface area contributed by atoms with Crippen LogP contribution in [-0.2, 0) is 12.8 Å². The topological polar surface area (TPSA) is 30.6 Å². The van der Waals surface area contributed by atoms with Crippen molar-refractivity contribution in [1.29, 1.82) is 0 Å². The van der Waals surface area contributed by atoms with Gasteiger partial charge in [-0.1, -0.05) is 291 Å². The predicted molar refractivity (Wildman–Crippen MR) is 556 cm³/mol. The first-order valence-electron chi connectivity index (χ1n) is 44.5. The molecular formula is C122H74N4S3. The highest BCUT2D eigenvalue weighted by molar-refractivity contribution is 7.27. The fraction of sp³-hybridized carbons (Fsp3) is 0.0164. The lowest BCUT2D eigenvalue weighted by Crippen LogP contribution is -1.96. The molecular weight excluding hydrogens is 1620 g/mol. The first-order valence-corrected chi connectivity index (χ1v) is 46.9. The van der Waals surface area contributed by atoms with Crippen molar-refractivity contribution < 1.29 is 0 Å². The third-order valence-electron chi connectivity index (χ3n) is 27.8. The molecule has 21 aromatic carbocycles. The van der Waals surface area contributed by atoms with Gasteiger partial charge in [-0.05, 0) is 245 Å². The van der Waals surface area contributed by atoms with Gasteiger partial charge in [0.05, 0.1) is 38.8 Å². The number of aromatic nitrogens is 4. The summed E-state index contributed by atoms with van der Waals surface area (Å²) in [5, 5.41) is 26.2. The Kier molecular flexibility index (Phi) is 16.0. The second kappa shape index (κ2) is 28.4. The number of nitrogens with one attached hydrogen (secondary N) is 1. The summed E-state index contributed by atoms with van der Waals surface area (Å²) in [6, 6.07) is 155. The molecule has 0 fully saturated rings. The standard InChI is InChI=1S/C46H28N2S.C39H23NS.C37H23NS/c1-2-9-28(10-3-1)31-13-8-14-34(22-31)48-43-16-7-6-15-35(43)38-24-39-40-25-42-37(26-45(40)49-46(39)27-44(38)48)36-23-33(19-20-41(36)47-42)32-18-17-29-11-4-5-12-30(29)21-32;1-3-11-26-24(10-1)20-34(29-14-6-5-13-28(26)29)40-33-16-8-7-15-30(33)31-21-32-37(22-35(31)40)41-36-18-17-25-19-23-9-2-4-12-27(23)38(25)39(32)36;1-2-9-23(10-3-1)24-12-8-13-27(20-24)38-32-16-7-6-15-29(32)30-21-31-35(22-33(30)38)39-34-18-17-26-19-25-11-4-5-14-28(25)36(26)37(31)34/h1-27,47H;1-18,20-22H,19H2;1-18,20-22H,19H2. The smallest absolute Gasteiger partial charge is 0.0555 e. The van der Waals surface area contributed by atoms with Crippen molar-refractivity contribution in [3.05, 3.63) is 441 Å². The van der Waals surface area contributed by atoms with Crippen LogP contribution in [0, 0.1) is 0 Å². The maximum atomic E-state index is 3.74. The van der Waals surface area contributed by atoms with E-state index in [9.17, 15) is 0 Å². The molecule has 0 atom stereocenters. The molecule has 7 heteroatoms. The Labute approximate surface area is 753 Å². The summed E-state index contributed by atoms with van der Waals surface area (Å²) in [4.78, 5) is 3.74. The summed E-state index contributed by atoms with van der Waals surface area (Å²) in [5.41, 5.74) is 32.3. The molecule has 30 rings (SSSR count). The largest absolute Gasteiger partial charge is 0.354 e. The monoisotopic (exact) mass is 1690 g/mol. The van der Waals surface area contributed by atoms with Crippen molar-refractivity contribution in [2.75, 3.05) is 0 Å². The minimum atomic E-state index is 1.02. The number of rotatable bonds is 6. The van der Waals surface area contributed by atoms with Crippen LogP contribution in [0.2, 0.25) is 0 Å². The fourth-order valence-corrected chi connectivity index (χ4v) is 25.4. The lowest BCUT2D eigenvalue weighted by molar-refractivity contribution is 1.18. The van der Waals surface area contributed by atoms with Gasteiger partial charge in [0.2, 0.25) is 0 Å². The lowest BCUT2D eigenvalue weighted by Gasteiger charge is -2.14. The lowest BCUT2D eigenvalue weighted by atomic mass is 9.98. The summed E-state index contributed by atoms with van der Waals surface area (Å²) in [6.45, 7) is 0. The second-order valence-corrected chi connectivity index (χ2v) is 38.2. The van der Waals surface area contributed by atoms with E-state index in [0.717, 1.165) is 12.8 Å². The molecule has 4 nitrogen and oxygen atoms in total. The molecule has 0 spiro atoms. The Balaban J connectivity index is 0.0000000983. The van der Waals surface area contributed by atoms with Gasteiger partial charge in [0.25, 0.3) is 0 Å². The molecule has 129 heavy (non-hydrogen) atoms. The van der Waals surface area contributed by atoms with Crippen molar-refractivity contribution in [2.24, 2.45) is 0 Å². The highest BCUT2D eigenvalue weighted by Gasteiger charge is 2.28. The average molecular weight is 1690 g/mol. The quantitative estimate of drug-likeness (QED) is 0.161. The second-order valence-electron chi connectivity index (χ2n) is 34.9. The number of aromatic amines is 1. The number of hydrogen-bond acceptors (Lipinski definition) is 3. The molecule has 0 saturated carbocycles. The Morgan fingerprint density at radius 2 is 0.612 bits per heavy atom. The summed E-state index contributed by atoms with van der Waals surface area (Å²) in [5.74, 6) is 0. The molecule has 2 aliphatic carbocycles. The summed E-state index contributed by atoms with van der Waals surface area (Å²) in [6.07, 6.45) is 2.05. The molecule has 0 aliphatic heterocycles. The molecule has 0 amide bonds. The molecule has 0 bridgehead atoms. The molecule has 7 heterocycles. The van der Waals surface area contributed by atoms with Crippen molar-refractivity contribution >= 4 is 214 Å². The number of H-pyrrole nitrogens is 1. The van der Waals surface area contributed by atoms with Gasteiger partial charge < -0.3 is 18.7 Å². The SMILES string of the molecule is c1ccc(-c2cccc(-n3c4ccccc4c4cc5c(cc43)sc3cc4c(cc35)[nH]c3ccc(-c5ccc6ccccc6c5)cc34)c2)cc1.c1ccc(-c2cccc(-n3c4ccccc4c4cc5c(cc43)sc3ccc4c(c35)-c3ccccc3C4)c2)cc1.c1ccc2c(c1)Cc1ccc3sc4cc5c(cc4c3c1-2)c1ccccc1n5-c1cc2ccccc2c2ccccc12. The number of hydrogen-bond donors (Lipinski definition) is 1. The normalized spacial score (nSPS) is 12.4. The number of para-hydroxylation sites is 3. The maximum absolute atomic E-state index is 3.74. The van der Waals surface area contributed by atoms with Crippen LogP contribution in [0.15, 0.2) is 419 Å². The van der Waals surface area contributed by atoms with Crippen molar-refractivity contribution in [3.63, 3.8) is 0 Å². The van der Waals surface area contributed by atoms with Crippen LogP contribution in [0.4, 0.5) is 0 Å². The van der Waals surface area contributed by atoms with Gasteiger partial charge in [0, 0.05) is 131 Å². The van der Waals surface area contributed by atoms with E-state index < -0.39 is 0 Å². The van der Waals surface area contributed by atoms with E-state index in [1.165, 1.54) is 275 Å². The van der Waals surface area contributed by atoms with Crippen LogP contribution in [0.1, 0.15) is 22.3 Å². The molecule has 2 aliphatic rings. The summed E-state index contributed by atoms with van der Waals surface area (Å²) >= 11 is 5.73. The molecule has 0 unspecified atom stereocenters. The zero-order valence-electron chi connectivity index (χ0n) is 69.8. The fourth-order valence-electron chi connectivity index (χ4n) is 22.0. The van der Waals surface area contributed by atoms with Crippen LogP contribution in [0.5, 0.6) is 0 Å². The highest BCUT2D eigenvalue weighted by atomic mass is 32.1. The van der Waals surface area contributed by atoms with E-state index in [1.807, 2.05) is 34.0 Å². The molecule has 0 saturated heterocycles. The number of fused-ring (bicyclic) bond motifs is 33. The average Bonchev–Trinajstić information content (AvgIpc) is 1.56. The number of nitrogens with zero attached hydrogens (tertiary/aromatic N) is 3. The van der Waals surface area contributed by atoms with E-state index in [1.54, 1.807) is 0 Å². The van der Waals surface area contributed by atoms with Crippen LogP contribution in [-0.4, -0.2) is 18.7 Å². The molecule has 600 valence electrons. The molecule has 28 aromatic rings. The summed E-state index contributed by atoms with van der Waals surface area (Å²) in [7, 11) is 0. The van der Waals surface area contributed by atoms with Crippen LogP contribution in [0.3, 0.4) is 0 Å². The van der Waals surface area contributed by atoms with Gasteiger partial charge in [-0.2, -0.15) is 0 Å². The zero-order valence-corrected chi connectivity index (χ0v) is 72.3. The molecule has 1 N–H and O–H groups in total. The van der Waals surface area contributed by atoms with Crippen LogP contribution < -0.4 is 0 Å². The maximum Gasteiger partial charge on any atom is 0.0555 e. The minimum absolute atomic E-state index is 1.02. The zero-order chi connectivity index (χ0) is 84.2. The highest BCUT2D eigenvalue weighted by Crippen LogP contribution is 2.53. The van der Waals surface area contributed by atoms with Crippen molar-refractivity contribution in [2.45, 2.75) is 12.8 Å². The Hall–Kier alpha value is -15.7. The van der Waals surface area contributed by atoms with Gasteiger partial charge in [0.1, 0.15) is 0 Å². The van der Waals surface area contributed by atoms with E-state index in [0.29, 0.717) is 0 Å². The number of benzene rings is 21. The van der Waals surface area contributed by atoms with E-state index in [-0.39, 0.29) is 0 Å². The molecule has 0 radical (unpaired) electrons. The van der Waals surface area contributed by atoms with Gasteiger partial charge in [-0.15, -0.1) is 34.0 Å². The number of thiophene rings is 3.